The van der Waals surface area contributed by atoms with Gasteiger partial charge < -0.3 is 14.9 Å². The van der Waals surface area contributed by atoms with Gasteiger partial charge in [0.25, 0.3) is 5.78 Å². The van der Waals surface area contributed by atoms with Crippen molar-refractivity contribution in [1.82, 2.24) is 4.98 Å². The van der Waals surface area contributed by atoms with Gasteiger partial charge in [0.1, 0.15) is 28.6 Å². The first-order chi connectivity index (χ1) is 18.9. The van der Waals surface area contributed by atoms with E-state index < -0.39 is 35.1 Å². The van der Waals surface area contributed by atoms with E-state index in [9.17, 15) is 28.6 Å². The maximum atomic E-state index is 14.5. The van der Waals surface area contributed by atoms with E-state index in [1.807, 2.05) is 27.7 Å². The van der Waals surface area contributed by atoms with Crippen LogP contribution in [-0.4, -0.2) is 33.5 Å². The minimum Gasteiger partial charge on any atom is -0.508 e. The van der Waals surface area contributed by atoms with Gasteiger partial charge in [-0.2, -0.15) is 0 Å². The quantitative estimate of drug-likeness (QED) is 0.161. The highest BCUT2D eigenvalue weighted by Gasteiger charge is 2.48. The van der Waals surface area contributed by atoms with E-state index in [0.717, 1.165) is 27.9 Å². The number of halogens is 2. The summed E-state index contributed by atoms with van der Waals surface area (Å²) in [6.45, 7) is 8.26. The Hall–Kier alpha value is -4.31. The summed E-state index contributed by atoms with van der Waals surface area (Å²) in [5, 5.41) is 21.4. The molecule has 0 radical (unpaired) electrons. The second-order valence-electron chi connectivity index (χ2n) is 10.4. The smallest absolute Gasteiger partial charge is 0.301 e. The number of aliphatic hydroxyl groups excluding tert-OH is 1. The summed E-state index contributed by atoms with van der Waals surface area (Å²) in [5.74, 6) is -3.48. The molecule has 2 N–H and O–H groups in total. The predicted octanol–water partition coefficient (Wildman–Crippen LogP) is 6.60. The molecule has 206 valence electrons. The number of carbonyl (C=O) groups excluding carboxylic acids is 2. The van der Waals surface area contributed by atoms with Crippen LogP contribution in [0.15, 0.2) is 60.2 Å². The molecule has 0 aliphatic carbocycles. The Morgan fingerprint density at radius 2 is 1.77 bits per heavy atom. The number of Topliss-reactive ketones (excluding diaryl/α,β-unsaturated/α-hetero) is 1. The van der Waals surface area contributed by atoms with Gasteiger partial charge in [0.15, 0.2) is 10.9 Å². The molecule has 1 amide bonds. The lowest BCUT2D eigenvalue weighted by Crippen LogP contribution is -2.29. The molecule has 4 aromatic rings. The number of hydrogen-bond acceptors (Lipinski definition) is 7. The third-order valence-corrected chi connectivity index (χ3v) is 7.62. The topological polar surface area (TPSA) is 100.0 Å². The highest BCUT2D eigenvalue weighted by atomic mass is 32.1. The number of aromatic nitrogens is 1. The fourth-order valence-corrected chi connectivity index (χ4v) is 5.78. The molecule has 0 bridgehead atoms. The predicted molar refractivity (Wildman–Crippen MR) is 149 cm³/mol. The lowest BCUT2D eigenvalue weighted by Gasteiger charge is -2.25. The molecule has 10 heteroatoms. The van der Waals surface area contributed by atoms with Crippen LogP contribution >= 0.6 is 11.3 Å². The van der Waals surface area contributed by atoms with Crippen LogP contribution in [0, 0.1) is 11.6 Å². The molecule has 7 nitrogen and oxygen atoms in total. The number of benzene rings is 3. The Morgan fingerprint density at radius 3 is 2.42 bits per heavy atom. The first-order valence-electron chi connectivity index (χ1n) is 12.5. The van der Waals surface area contributed by atoms with Crippen molar-refractivity contribution in [1.29, 1.82) is 0 Å². The number of fused-ring (bicyclic) bond motifs is 1. The van der Waals surface area contributed by atoms with Crippen molar-refractivity contribution in [2.24, 2.45) is 0 Å². The molecule has 1 aliphatic heterocycles. The number of hydrogen-bond donors (Lipinski definition) is 2. The molecule has 1 aliphatic rings. The zero-order valence-electron chi connectivity index (χ0n) is 22.2. The molecule has 0 spiro atoms. The lowest BCUT2D eigenvalue weighted by atomic mass is 9.84. The van der Waals surface area contributed by atoms with Crippen molar-refractivity contribution >= 4 is 44.1 Å². The number of phenols is 1. The third-order valence-electron chi connectivity index (χ3n) is 6.62. The monoisotopic (exact) mass is 564 g/mol. The molecule has 1 saturated heterocycles. The maximum absolute atomic E-state index is 14.5. The summed E-state index contributed by atoms with van der Waals surface area (Å²) < 4.78 is 34.3. The summed E-state index contributed by atoms with van der Waals surface area (Å²) in [6, 6.07) is 11.5. The standard InChI is InChI=1S/C30H26F2N2O5S/c1-5-39-21-11-8-16(12-19(21)30(2,3)4)26(36)23-25(15-6-9-18(35)10-7-15)34(28(38)27(23)37)29-33-24-20(32)13-17(31)14-22(24)40-29/h6-14,25,35-36H,5H2,1-4H3/b26-23+. The second kappa shape index (κ2) is 10.0. The number of anilines is 1. The number of ether oxygens (including phenoxy) is 1. The van der Waals surface area contributed by atoms with Crippen molar-refractivity contribution in [2.75, 3.05) is 11.5 Å². The zero-order chi connectivity index (χ0) is 28.9. The Balaban J connectivity index is 1.73. The van der Waals surface area contributed by atoms with E-state index in [4.69, 9.17) is 4.74 Å². The van der Waals surface area contributed by atoms with Crippen molar-refractivity contribution < 1.29 is 33.3 Å². The van der Waals surface area contributed by atoms with Crippen molar-refractivity contribution in [3.8, 4) is 11.5 Å². The molecular weight excluding hydrogens is 538 g/mol. The van der Waals surface area contributed by atoms with Crippen LogP contribution in [0.1, 0.15) is 50.4 Å². The molecule has 1 atom stereocenters. The molecule has 5 rings (SSSR count). The highest BCUT2D eigenvalue weighted by molar-refractivity contribution is 7.22. The van der Waals surface area contributed by atoms with E-state index in [2.05, 4.69) is 4.98 Å². The van der Waals surface area contributed by atoms with Gasteiger partial charge in [0.2, 0.25) is 0 Å². The molecule has 2 heterocycles. The molecule has 1 aromatic heterocycles. The SMILES string of the molecule is CCOc1ccc(/C(O)=C2\C(=O)C(=O)N(c3nc4c(F)cc(F)cc4s3)C2c2ccc(O)cc2)cc1C(C)(C)C. The zero-order valence-corrected chi connectivity index (χ0v) is 23.0. The Labute approximate surface area is 233 Å². The molecule has 1 fully saturated rings. The van der Waals surface area contributed by atoms with Crippen LogP contribution in [0.25, 0.3) is 16.0 Å². The Kier molecular flexibility index (Phi) is 6.83. The lowest BCUT2D eigenvalue weighted by molar-refractivity contribution is -0.132. The fraction of sp³-hybridized carbons (Fsp3) is 0.233. The number of aromatic hydroxyl groups is 1. The number of amides is 1. The number of ketones is 1. The van der Waals surface area contributed by atoms with Crippen LogP contribution in [0.2, 0.25) is 0 Å². The third kappa shape index (κ3) is 4.68. The largest absolute Gasteiger partial charge is 0.508 e. The van der Waals surface area contributed by atoms with Gasteiger partial charge in [0, 0.05) is 17.2 Å². The summed E-state index contributed by atoms with van der Waals surface area (Å²) in [6.07, 6.45) is 0. The number of carbonyl (C=O) groups is 2. The van der Waals surface area contributed by atoms with Gasteiger partial charge in [-0.25, -0.2) is 13.8 Å². The maximum Gasteiger partial charge on any atom is 0.301 e. The van der Waals surface area contributed by atoms with Gasteiger partial charge in [-0.3, -0.25) is 14.5 Å². The van der Waals surface area contributed by atoms with Gasteiger partial charge in [-0.15, -0.1) is 0 Å². The summed E-state index contributed by atoms with van der Waals surface area (Å²) in [7, 11) is 0. The van der Waals surface area contributed by atoms with Gasteiger partial charge in [-0.1, -0.05) is 44.2 Å². The Morgan fingerprint density at radius 1 is 1.07 bits per heavy atom. The normalized spacial score (nSPS) is 17.1. The fourth-order valence-electron chi connectivity index (χ4n) is 4.75. The minimum absolute atomic E-state index is 0.0409. The van der Waals surface area contributed by atoms with E-state index in [0.29, 0.717) is 29.5 Å². The van der Waals surface area contributed by atoms with E-state index in [1.54, 1.807) is 18.2 Å². The summed E-state index contributed by atoms with van der Waals surface area (Å²) in [4.78, 5) is 32.2. The molecular formula is C30H26F2N2O5S. The van der Waals surface area contributed by atoms with Crippen LogP contribution in [-0.2, 0) is 15.0 Å². The van der Waals surface area contributed by atoms with E-state index in [-0.39, 0.29) is 32.1 Å². The molecule has 3 aromatic carbocycles. The van der Waals surface area contributed by atoms with Crippen molar-refractivity contribution in [2.45, 2.75) is 39.2 Å². The second-order valence-corrected chi connectivity index (χ2v) is 11.4. The van der Waals surface area contributed by atoms with Gasteiger partial charge >= 0.3 is 5.91 Å². The first kappa shape index (κ1) is 27.3. The van der Waals surface area contributed by atoms with Crippen molar-refractivity contribution in [3.63, 3.8) is 0 Å². The first-order valence-corrected chi connectivity index (χ1v) is 13.4. The average Bonchev–Trinajstić information content (AvgIpc) is 3.42. The van der Waals surface area contributed by atoms with E-state index in [1.165, 1.54) is 24.3 Å². The van der Waals surface area contributed by atoms with Crippen molar-refractivity contribution in [3.05, 3.63) is 88.5 Å². The number of nitrogens with zero attached hydrogens (tertiary/aromatic N) is 2. The van der Waals surface area contributed by atoms with Gasteiger partial charge in [0.05, 0.1) is 22.9 Å². The minimum atomic E-state index is -1.15. The number of thiazole rings is 1. The van der Waals surface area contributed by atoms with E-state index >= 15 is 0 Å². The number of phenolic OH excluding ortho intramolecular Hbond substituents is 1. The highest BCUT2D eigenvalue weighted by Crippen LogP contribution is 2.45. The van der Waals surface area contributed by atoms with Gasteiger partial charge in [-0.05, 0) is 54.3 Å². The molecule has 40 heavy (non-hydrogen) atoms. The summed E-state index contributed by atoms with van der Waals surface area (Å²) >= 11 is 0.845. The van der Waals surface area contributed by atoms with Crippen LogP contribution in [0.4, 0.5) is 13.9 Å². The number of aliphatic hydroxyl groups is 1. The summed E-state index contributed by atoms with van der Waals surface area (Å²) in [5.41, 5.74) is 0.764. The van der Waals surface area contributed by atoms with Crippen LogP contribution in [0.5, 0.6) is 11.5 Å². The molecule has 0 saturated carbocycles. The van der Waals surface area contributed by atoms with Crippen LogP contribution < -0.4 is 9.64 Å². The van der Waals surface area contributed by atoms with Crippen LogP contribution in [0.3, 0.4) is 0 Å². The number of rotatable bonds is 5. The average molecular weight is 565 g/mol. The molecule has 1 unspecified atom stereocenters. The Bertz CT molecular complexity index is 1690.